The minimum absolute atomic E-state index is 0.0676. The van der Waals surface area contributed by atoms with Crippen molar-refractivity contribution in [3.63, 3.8) is 0 Å². The van der Waals surface area contributed by atoms with Crippen LogP contribution < -0.4 is 20.7 Å². The predicted octanol–water partition coefficient (Wildman–Crippen LogP) is 3.29. The van der Waals surface area contributed by atoms with Gasteiger partial charge in [-0.25, -0.2) is 9.36 Å². The van der Waals surface area contributed by atoms with E-state index in [9.17, 15) is 14.7 Å². The van der Waals surface area contributed by atoms with Crippen molar-refractivity contribution >= 4 is 23.6 Å². The summed E-state index contributed by atoms with van der Waals surface area (Å²) in [6.45, 7) is 4.42. The van der Waals surface area contributed by atoms with Crippen LogP contribution in [-0.4, -0.2) is 34.1 Å². The van der Waals surface area contributed by atoms with Crippen LogP contribution in [0.1, 0.15) is 25.0 Å². The average molecular weight is 419 g/mol. The number of hydrogen-bond donors (Lipinski definition) is 2. The molecule has 2 N–H and O–H groups in total. The van der Waals surface area contributed by atoms with Gasteiger partial charge in [-0.05, 0) is 38.1 Å². The van der Waals surface area contributed by atoms with Crippen LogP contribution in [0, 0.1) is 0 Å². The largest absolute Gasteiger partial charge is 0.494 e. The van der Waals surface area contributed by atoms with Gasteiger partial charge >= 0.3 is 5.69 Å². The summed E-state index contributed by atoms with van der Waals surface area (Å²) >= 11 is 0. The third kappa shape index (κ3) is 3.75. The molecule has 31 heavy (non-hydrogen) atoms. The number of hydrogen-bond acceptors (Lipinski definition) is 6. The lowest BCUT2D eigenvalue weighted by atomic mass is 10.1. The molecule has 8 nitrogen and oxygen atoms in total. The summed E-state index contributed by atoms with van der Waals surface area (Å²) in [6.07, 6.45) is 3.12. The summed E-state index contributed by atoms with van der Waals surface area (Å²) < 4.78 is 12.2. The van der Waals surface area contributed by atoms with Gasteiger partial charge in [0.15, 0.2) is 0 Å². The molecule has 0 saturated carbocycles. The van der Waals surface area contributed by atoms with Gasteiger partial charge in [-0.2, -0.15) is 0 Å². The lowest BCUT2D eigenvalue weighted by Gasteiger charge is -2.16. The van der Waals surface area contributed by atoms with Gasteiger partial charge in [-0.15, -0.1) is 0 Å². The number of para-hydroxylation sites is 1. The van der Waals surface area contributed by atoms with Gasteiger partial charge in [0.25, 0.3) is 5.56 Å². The second-order valence-electron chi connectivity index (χ2n) is 6.70. The molecular weight excluding hydrogens is 398 g/mol. The Hall–Kier alpha value is -4.07. The molecule has 1 aromatic heterocycles. The van der Waals surface area contributed by atoms with Crippen LogP contribution in [0.4, 0.5) is 5.69 Å². The van der Waals surface area contributed by atoms with Crippen molar-refractivity contribution in [2.24, 2.45) is 4.99 Å². The van der Waals surface area contributed by atoms with E-state index in [0.717, 1.165) is 15.8 Å². The van der Waals surface area contributed by atoms with Crippen LogP contribution in [0.25, 0.3) is 17.3 Å². The predicted molar refractivity (Wildman–Crippen MR) is 119 cm³/mol. The molecular formula is C23H21N3O5. The Bertz CT molecular complexity index is 1320. The molecule has 2 aromatic carbocycles. The monoisotopic (exact) mass is 419 g/mol. The number of aliphatic imine (C=N–C) groups is 1. The van der Waals surface area contributed by atoms with Crippen molar-refractivity contribution < 1.29 is 14.6 Å². The highest BCUT2D eigenvalue weighted by Crippen LogP contribution is 2.34. The third-order valence-corrected chi connectivity index (χ3v) is 4.76. The number of allylic oxidation sites excluding steroid dienone is 1. The minimum Gasteiger partial charge on any atom is -0.494 e. The SMILES string of the molecule is CCOc1ccc(OCC)c(-n2c(O)c(C=C3C=Nc4ccccc43)c(=O)[nH]c2=O)c1. The van der Waals surface area contributed by atoms with Gasteiger partial charge in [-0.1, -0.05) is 18.2 Å². The molecule has 0 aliphatic carbocycles. The Morgan fingerprint density at radius 3 is 2.65 bits per heavy atom. The molecule has 0 atom stereocenters. The first-order valence-electron chi connectivity index (χ1n) is 9.87. The normalized spacial score (nSPS) is 13.4. The van der Waals surface area contributed by atoms with Crippen LogP contribution in [0.15, 0.2) is 57.0 Å². The smallest absolute Gasteiger partial charge is 0.335 e. The molecule has 0 amide bonds. The van der Waals surface area contributed by atoms with E-state index in [-0.39, 0.29) is 11.3 Å². The summed E-state index contributed by atoms with van der Waals surface area (Å²) in [6, 6.07) is 12.4. The fourth-order valence-electron chi connectivity index (χ4n) is 3.41. The highest BCUT2D eigenvalue weighted by atomic mass is 16.5. The molecule has 4 rings (SSSR count). The zero-order valence-corrected chi connectivity index (χ0v) is 17.1. The van der Waals surface area contributed by atoms with Crippen LogP contribution in [-0.2, 0) is 0 Å². The summed E-state index contributed by atoms with van der Waals surface area (Å²) in [5.41, 5.74) is 0.930. The Kier molecular flexibility index (Phi) is 5.44. The average Bonchev–Trinajstić information content (AvgIpc) is 3.16. The third-order valence-electron chi connectivity index (χ3n) is 4.76. The zero-order valence-electron chi connectivity index (χ0n) is 17.1. The van der Waals surface area contributed by atoms with E-state index in [4.69, 9.17) is 9.47 Å². The van der Waals surface area contributed by atoms with E-state index in [0.29, 0.717) is 30.3 Å². The number of rotatable bonds is 6. The lowest BCUT2D eigenvalue weighted by Crippen LogP contribution is -2.30. The second-order valence-corrected chi connectivity index (χ2v) is 6.70. The molecule has 2 heterocycles. The van der Waals surface area contributed by atoms with Gasteiger partial charge < -0.3 is 14.6 Å². The number of aromatic amines is 1. The van der Waals surface area contributed by atoms with Crippen molar-refractivity contribution in [3.05, 3.63) is 74.4 Å². The summed E-state index contributed by atoms with van der Waals surface area (Å²) in [4.78, 5) is 31.8. The molecule has 0 spiro atoms. The molecule has 1 aliphatic rings. The van der Waals surface area contributed by atoms with E-state index < -0.39 is 17.1 Å². The summed E-state index contributed by atoms with van der Waals surface area (Å²) in [7, 11) is 0. The van der Waals surface area contributed by atoms with Crippen LogP contribution >= 0.6 is 0 Å². The molecule has 8 heteroatoms. The van der Waals surface area contributed by atoms with E-state index in [2.05, 4.69) is 9.98 Å². The topological polar surface area (TPSA) is 106 Å². The fourth-order valence-corrected chi connectivity index (χ4v) is 3.41. The van der Waals surface area contributed by atoms with Gasteiger partial charge in [0, 0.05) is 23.4 Å². The van der Waals surface area contributed by atoms with Crippen LogP contribution in [0.3, 0.4) is 0 Å². The van der Waals surface area contributed by atoms with Crippen molar-refractivity contribution in [2.45, 2.75) is 13.8 Å². The van der Waals surface area contributed by atoms with E-state index in [1.807, 2.05) is 38.1 Å². The number of fused-ring (bicyclic) bond motifs is 1. The molecule has 0 radical (unpaired) electrons. The number of aromatic hydroxyl groups is 1. The fraction of sp³-hybridized carbons (Fsp3) is 0.174. The summed E-state index contributed by atoms with van der Waals surface area (Å²) in [5.74, 6) is 0.352. The number of aromatic nitrogens is 2. The maximum Gasteiger partial charge on any atom is 0.335 e. The van der Waals surface area contributed by atoms with Gasteiger partial charge in [0.2, 0.25) is 5.88 Å². The van der Waals surface area contributed by atoms with Crippen molar-refractivity contribution in [2.75, 3.05) is 13.2 Å². The maximum absolute atomic E-state index is 12.7. The van der Waals surface area contributed by atoms with Crippen molar-refractivity contribution in [3.8, 4) is 23.1 Å². The number of ether oxygens (including phenoxy) is 2. The van der Waals surface area contributed by atoms with Crippen molar-refractivity contribution in [1.82, 2.24) is 9.55 Å². The first-order valence-corrected chi connectivity index (χ1v) is 9.87. The highest BCUT2D eigenvalue weighted by Gasteiger charge is 2.20. The maximum atomic E-state index is 12.7. The number of nitrogens with zero attached hydrogens (tertiary/aromatic N) is 2. The zero-order chi connectivity index (χ0) is 22.0. The van der Waals surface area contributed by atoms with Gasteiger partial charge in [0.1, 0.15) is 17.1 Å². The molecule has 0 fully saturated rings. The first-order chi connectivity index (χ1) is 15.0. The van der Waals surface area contributed by atoms with Crippen molar-refractivity contribution in [1.29, 1.82) is 0 Å². The molecule has 1 aliphatic heterocycles. The molecule has 3 aromatic rings. The van der Waals surface area contributed by atoms with Crippen LogP contribution in [0.5, 0.6) is 17.4 Å². The van der Waals surface area contributed by atoms with Crippen LogP contribution in [0.2, 0.25) is 0 Å². The Balaban J connectivity index is 1.92. The van der Waals surface area contributed by atoms with E-state index >= 15 is 0 Å². The Morgan fingerprint density at radius 2 is 1.87 bits per heavy atom. The highest BCUT2D eigenvalue weighted by molar-refractivity contribution is 6.21. The molecule has 0 unspecified atom stereocenters. The van der Waals surface area contributed by atoms with E-state index in [1.54, 1.807) is 24.4 Å². The van der Waals surface area contributed by atoms with Gasteiger partial charge in [-0.3, -0.25) is 14.8 Å². The molecule has 0 bridgehead atoms. The quantitative estimate of drug-likeness (QED) is 0.638. The molecule has 158 valence electrons. The Labute approximate surface area is 177 Å². The van der Waals surface area contributed by atoms with E-state index in [1.165, 1.54) is 6.08 Å². The minimum atomic E-state index is -0.792. The second kappa shape index (κ2) is 8.35. The standard InChI is InChI=1S/C23H21N3O5/c1-3-30-15-9-10-20(31-4-2)19(12-15)26-22(28)17(21(27)25-23(26)29)11-14-13-24-18-8-6-5-7-16(14)18/h5-13,28H,3-4H2,1-2H3,(H,25,27,29). The lowest BCUT2D eigenvalue weighted by molar-refractivity contribution is 0.328. The summed E-state index contributed by atoms with van der Waals surface area (Å²) in [5, 5.41) is 11.0. The van der Waals surface area contributed by atoms with Gasteiger partial charge in [0.05, 0.1) is 24.6 Å². The number of nitrogens with one attached hydrogen (secondary N) is 1. The first kappa shape index (κ1) is 20.2. The Morgan fingerprint density at radius 1 is 1.10 bits per heavy atom. The molecule has 0 saturated heterocycles. The number of benzene rings is 2. The number of H-pyrrole nitrogens is 1.